The Labute approximate surface area is 164 Å². The van der Waals surface area contributed by atoms with Gasteiger partial charge in [-0.25, -0.2) is 0 Å². The molecule has 0 amide bonds. The zero-order chi connectivity index (χ0) is 11.1. The van der Waals surface area contributed by atoms with Gasteiger partial charge >= 0.3 is 0 Å². The zero-order valence-corrected chi connectivity index (χ0v) is 18.5. The van der Waals surface area contributed by atoms with Gasteiger partial charge in [-0.3, -0.25) is 0 Å². The molecule has 0 saturated heterocycles. The van der Waals surface area contributed by atoms with E-state index in [0.29, 0.717) is 0 Å². The van der Waals surface area contributed by atoms with Crippen molar-refractivity contribution in [1.82, 2.24) is 0 Å². The van der Waals surface area contributed by atoms with Crippen molar-refractivity contribution in [3.05, 3.63) is 45.3 Å². The molecule has 2 aromatic carbocycles. The molecule has 0 atom stereocenters. The molecule has 0 aliphatic carbocycles. The van der Waals surface area contributed by atoms with E-state index in [9.17, 15) is 0 Å². The molecule has 7 heteroatoms. The Balaban J connectivity index is 0.00000108. The van der Waals surface area contributed by atoms with Gasteiger partial charge in [-0.05, 0) is 46.3 Å². The van der Waals surface area contributed by atoms with Crippen LogP contribution in [0.2, 0.25) is 0 Å². The SMILES string of the molecule is Br.Br.Br.Brc1ccc2c(c1)Sc1c(Br)cccc1N2. The summed E-state index contributed by atoms with van der Waals surface area (Å²) in [6.45, 7) is 0. The second-order valence-corrected chi connectivity index (χ2v) is 6.31. The lowest BCUT2D eigenvalue weighted by molar-refractivity contribution is 1.29. The Hall–Kier alpha value is 0.990. The Morgan fingerprint density at radius 1 is 0.895 bits per heavy atom. The minimum atomic E-state index is 0. The molecule has 0 aromatic heterocycles. The number of nitrogens with one attached hydrogen (secondary N) is 1. The van der Waals surface area contributed by atoms with Crippen LogP contribution in [0, 0.1) is 0 Å². The van der Waals surface area contributed by atoms with E-state index in [4.69, 9.17) is 0 Å². The van der Waals surface area contributed by atoms with Crippen molar-refractivity contribution < 1.29 is 0 Å². The first-order valence-corrected chi connectivity index (χ1v) is 7.17. The first-order chi connectivity index (χ1) is 7.74. The van der Waals surface area contributed by atoms with Gasteiger partial charge in [0.05, 0.1) is 11.4 Å². The number of hydrogen-bond donors (Lipinski definition) is 1. The van der Waals surface area contributed by atoms with Crippen LogP contribution in [-0.4, -0.2) is 0 Å². The third-order valence-electron chi connectivity index (χ3n) is 2.39. The minimum Gasteiger partial charge on any atom is -0.354 e. The molecule has 0 unspecified atom stereocenters. The second-order valence-electron chi connectivity index (χ2n) is 3.48. The quantitative estimate of drug-likeness (QED) is 0.295. The monoisotopic (exact) mass is 595 g/mol. The van der Waals surface area contributed by atoms with Crippen LogP contribution in [0.15, 0.2) is 55.1 Å². The minimum absolute atomic E-state index is 0. The average Bonchev–Trinajstić information content (AvgIpc) is 2.28. The molecule has 1 N–H and O–H groups in total. The lowest BCUT2D eigenvalue weighted by Gasteiger charge is -2.21. The number of hydrogen-bond acceptors (Lipinski definition) is 2. The van der Waals surface area contributed by atoms with Gasteiger partial charge in [-0.15, -0.1) is 50.9 Å². The highest BCUT2D eigenvalue weighted by Gasteiger charge is 2.17. The molecule has 104 valence electrons. The van der Waals surface area contributed by atoms with Gasteiger partial charge in [0.25, 0.3) is 0 Å². The van der Waals surface area contributed by atoms with Crippen LogP contribution in [0.3, 0.4) is 0 Å². The molecular formula is C12H10Br5NS. The molecule has 0 saturated carbocycles. The Kier molecular flexibility index (Phi) is 8.88. The highest BCUT2D eigenvalue weighted by Crippen LogP contribution is 2.47. The molecule has 0 spiro atoms. The summed E-state index contributed by atoms with van der Waals surface area (Å²) in [6.07, 6.45) is 0. The zero-order valence-electron chi connectivity index (χ0n) is 9.35. The average molecular weight is 600 g/mol. The smallest absolute Gasteiger partial charge is 0.0537 e. The second kappa shape index (κ2) is 8.44. The van der Waals surface area contributed by atoms with Gasteiger partial charge in [0, 0.05) is 18.7 Å². The summed E-state index contributed by atoms with van der Waals surface area (Å²) >= 11 is 8.86. The van der Waals surface area contributed by atoms with Crippen molar-refractivity contribution in [3.8, 4) is 0 Å². The van der Waals surface area contributed by atoms with Crippen LogP contribution in [0.5, 0.6) is 0 Å². The molecular weight excluding hydrogens is 590 g/mol. The summed E-state index contributed by atoms with van der Waals surface area (Å²) < 4.78 is 2.24. The van der Waals surface area contributed by atoms with Crippen LogP contribution >= 0.6 is 94.6 Å². The maximum atomic E-state index is 3.58. The van der Waals surface area contributed by atoms with E-state index < -0.39 is 0 Å². The predicted molar refractivity (Wildman–Crippen MR) is 107 cm³/mol. The standard InChI is InChI=1S/C12H7Br2NS.3BrH/c13-7-4-5-9-11(6-7)16-12-8(14)2-1-3-10(12)15-9;;;/h1-6,15H;3*1H. The summed E-state index contributed by atoms with van der Waals surface area (Å²) in [4.78, 5) is 2.49. The van der Waals surface area contributed by atoms with Crippen molar-refractivity contribution in [3.63, 3.8) is 0 Å². The third kappa shape index (κ3) is 4.23. The first kappa shape index (κ1) is 20.0. The predicted octanol–water partition coefficient (Wildman–Crippen LogP) is 7.15. The van der Waals surface area contributed by atoms with Crippen LogP contribution in [0.1, 0.15) is 0 Å². The van der Waals surface area contributed by atoms with E-state index in [2.05, 4.69) is 67.5 Å². The summed E-state index contributed by atoms with van der Waals surface area (Å²) in [5.41, 5.74) is 2.33. The van der Waals surface area contributed by atoms with Gasteiger partial charge < -0.3 is 5.32 Å². The van der Waals surface area contributed by atoms with Crippen LogP contribution in [-0.2, 0) is 0 Å². The van der Waals surface area contributed by atoms with Crippen LogP contribution < -0.4 is 5.32 Å². The summed E-state index contributed by atoms with van der Waals surface area (Å²) in [5, 5.41) is 3.44. The fraction of sp³-hybridized carbons (Fsp3) is 0. The summed E-state index contributed by atoms with van der Waals surface area (Å²) in [5.74, 6) is 0. The van der Waals surface area contributed by atoms with Crippen molar-refractivity contribution in [1.29, 1.82) is 0 Å². The first-order valence-electron chi connectivity index (χ1n) is 4.77. The van der Waals surface area contributed by atoms with Crippen LogP contribution in [0.25, 0.3) is 0 Å². The summed E-state index contributed by atoms with van der Waals surface area (Å²) in [6, 6.07) is 12.5. The van der Waals surface area contributed by atoms with Gasteiger partial charge in [-0.2, -0.15) is 0 Å². The fourth-order valence-electron chi connectivity index (χ4n) is 1.65. The van der Waals surface area contributed by atoms with Crippen molar-refractivity contribution in [2.75, 3.05) is 5.32 Å². The molecule has 2 aromatic rings. The lowest BCUT2D eigenvalue weighted by Crippen LogP contribution is -1.99. The largest absolute Gasteiger partial charge is 0.354 e. The van der Waals surface area contributed by atoms with Gasteiger partial charge in [-0.1, -0.05) is 33.8 Å². The fourth-order valence-corrected chi connectivity index (χ4v) is 3.80. The van der Waals surface area contributed by atoms with Gasteiger partial charge in [0.15, 0.2) is 0 Å². The molecule has 19 heavy (non-hydrogen) atoms. The number of anilines is 2. The molecule has 0 fully saturated rings. The number of halogens is 5. The number of fused-ring (bicyclic) bond motifs is 2. The van der Waals surface area contributed by atoms with Crippen molar-refractivity contribution >= 4 is 106 Å². The number of benzene rings is 2. The van der Waals surface area contributed by atoms with E-state index in [0.717, 1.165) is 14.6 Å². The van der Waals surface area contributed by atoms with Crippen LogP contribution in [0.4, 0.5) is 11.4 Å². The topological polar surface area (TPSA) is 12.0 Å². The molecule has 0 bridgehead atoms. The maximum absolute atomic E-state index is 3.58. The van der Waals surface area contributed by atoms with E-state index in [1.165, 1.54) is 15.5 Å². The molecule has 3 rings (SSSR count). The highest BCUT2D eigenvalue weighted by molar-refractivity contribution is 9.10. The highest BCUT2D eigenvalue weighted by atomic mass is 79.9. The summed E-state index contributed by atoms with van der Waals surface area (Å²) in [7, 11) is 0. The molecule has 1 nitrogen and oxygen atoms in total. The Morgan fingerprint density at radius 3 is 2.37 bits per heavy atom. The Morgan fingerprint density at radius 2 is 1.63 bits per heavy atom. The molecule has 1 heterocycles. The van der Waals surface area contributed by atoms with Gasteiger partial charge in [0.1, 0.15) is 0 Å². The van der Waals surface area contributed by atoms with E-state index in [-0.39, 0.29) is 50.9 Å². The number of rotatable bonds is 0. The molecule has 1 aliphatic heterocycles. The van der Waals surface area contributed by atoms with E-state index >= 15 is 0 Å². The van der Waals surface area contributed by atoms with Crippen molar-refractivity contribution in [2.45, 2.75) is 9.79 Å². The van der Waals surface area contributed by atoms with E-state index in [1.54, 1.807) is 11.8 Å². The van der Waals surface area contributed by atoms with Gasteiger partial charge in [0.2, 0.25) is 0 Å². The van der Waals surface area contributed by atoms with Crippen molar-refractivity contribution in [2.24, 2.45) is 0 Å². The Bertz CT molecular complexity index is 576. The third-order valence-corrected chi connectivity index (χ3v) is 5.01. The molecule has 0 radical (unpaired) electrons. The van der Waals surface area contributed by atoms with E-state index in [1.807, 2.05) is 6.07 Å². The normalized spacial score (nSPS) is 10.6. The molecule has 1 aliphatic rings. The maximum Gasteiger partial charge on any atom is 0.0537 e. The lowest BCUT2D eigenvalue weighted by atomic mass is 10.2.